The van der Waals surface area contributed by atoms with Crippen LogP contribution in [0.5, 0.6) is 0 Å². The van der Waals surface area contributed by atoms with Gasteiger partial charge in [-0.2, -0.15) is 0 Å². The second-order valence-electron chi connectivity index (χ2n) is 3.92. The molecule has 0 saturated carbocycles. The second kappa shape index (κ2) is 4.75. The molecular formula is C12H10Cl2N5+. The lowest BCUT2D eigenvalue weighted by atomic mass is 10.3. The van der Waals surface area contributed by atoms with Gasteiger partial charge in [0.05, 0.1) is 12.7 Å². The van der Waals surface area contributed by atoms with E-state index in [2.05, 4.69) is 15.1 Å². The number of aromatic nitrogens is 5. The van der Waals surface area contributed by atoms with E-state index < -0.39 is 0 Å². The molecule has 0 fully saturated rings. The summed E-state index contributed by atoms with van der Waals surface area (Å²) in [7, 11) is 0. The Morgan fingerprint density at radius 3 is 2.79 bits per heavy atom. The predicted octanol–water partition coefficient (Wildman–Crippen LogP) is 2.43. The highest BCUT2D eigenvalue weighted by Crippen LogP contribution is 2.16. The van der Waals surface area contributed by atoms with E-state index in [-0.39, 0.29) is 10.6 Å². The molecule has 0 unspecified atom stereocenters. The molecular weight excluding hydrogens is 285 g/mol. The summed E-state index contributed by atoms with van der Waals surface area (Å²) in [5.41, 5.74) is 0.940. The molecule has 0 N–H and O–H groups in total. The van der Waals surface area contributed by atoms with E-state index in [1.807, 2.05) is 31.2 Å². The van der Waals surface area contributed by atoms with Crippen molar-refractivity contribution in [2.45, 2.75) is 13.5 Å². The molecule has 0 aliphatic carbocycles. The van der Waals surface area contributed by atoms with Gasteiger partial charge in [0, 0.05) is 5.39 Å². The fourth-order valence-corrected chi connectivity index (χ4v) is 2.43. The van der Waals surface area contributed by atoms with E-state index in [0.29, 0.717) is 12.5 Å². The van der Waals surface area contributed by atoms with Crippen LogP contribution in [0.3, 0.4) is 0 Å². The summed E-state index contributed by atoms with van der Waals surface area (Å²) in [6.07, 6.45) is 1.78. The molecule has 7 heteroatoms. The highest BCUT2D eigenvalue weighted by atomic mass is 35.5. The summed E-state index contributed by atoms with van der Waals surface area (Å²) < 4.78 is 3.45. The predicted molar refractivity (Wildman–Crippen MR) is 72.5 cm³/mol. The standard InChI is InChI=1S/C12H10Cl2N5/c1-2-18-11(14)16-10(13)17-12(18)19-9-6-4-3-5-8(9)7-15-19/h3-7H,2H2,1H3/q+1. The van der Waals surface area contributed by atoms with Crippen molar-refractivity contribution in [3.63, 3.8) is 0 Å². The topological polar surface area (TPSA) is 47.5 Å². The van der Waals surface area contributed by atoms with Gasteiger partial charge in [-0.1, -0.05) is 28.2 Å². The maximum Gasteiger partial charge on any atom is 0.382 e. The van der Waals surface area contributed by atoms with E-state index in [0.717, 1.165) is 10.9 Å². The average Bonchev–Trinajstić information content (AvgIpc) is 2.81. The fourth-order valence-electron chi connectivity index (χ4n) is 1.95. The van der Waals surface area contributed by atoms with Gasteiger partial charge in [-0.3, -0.25) is 0 Å². The summed E-state index contributed by atoms with van der Waals surface area (Å²) in [4.78, 5) is 8.17. The summed E-state index contributed by atoms with van der Waals surface area (Å²) in [5, 5.41) is 5.76. The van der Waals surface area contributed by atoms with Crippen LogP contribution in [0.15, 0.2) is 30.5 Å². The fraction of sp³-hybridized carbons (Fsp3) is 0.167. The van der Waals surface area contributed by atoms with Gasteiger partial charge in [-0.15, -0.1) is 9.78 Å². The Balaban J connectivity index is 2.32. The molecule has 2 aromatic heterocycles. The van der Waals surface area contributed by atoms with Crippen LogP contribution in [-0.4, -0.2) is 19.7 Å². The SMILES string of the molecule is CC[n+]1c(Cl)nc(Cl)nc1-n1ncc2ccccc21. The molecule has 0 amide bonds. The first kappa shape index (κ1) is 12.3. The van der Waals surface area contributed by atoms with Gasteiger partial charge >= 0.3 is 16.5 Å². The van der Waals surface area contributed by atoms with Gasteiger partial charge in [0.1, 0.15) is 5.52 Å². The van der Waals surface area contributed by atoms with Gasteiger partial charge in [0.2, 0.25) is 0 Å². The zero-order valence-electron chi connectivity index (χ0n) is 10.1. The average molecular weight is 295 g/mol. The van der Waals surface area contributed by atoms with Gasteiger partial charge in [0.25, 0.3) is 0 Å². The van der Waals surface area contributed by atoms with Gasteiger partial charge < -0.3 is 0 Å². The lowest BCUT2D eigenvalue weighted by Gasteiger charge is -2.04. The molecule has 5 nitrogen and oxygen atoms in total. The molecule has 0 atom stereocenters. The van der Waals surface area contributed by atoms with Gasteiger partial charge in [-0.25, -0.2) is 4.57 Å². The zero-order valence-corrected chi connectivity index (χ0v) is 11.6. The van der Waals surface area contributed by atoms with Crippen LogP contribution >= 0.6 is 23.2 Å². The number of para-hydroxylation sites is 1. The molecule has 1 aromatic carbocycles. The minimum atomic E-state index is 0.101. The van der Waals surface area contributed by atoms with Crippen molar-refractivity contribution in [1.29, 1.82) is 0 Å². The van der Waals surface area contributed by atoms with Crippen molar-refractivity contribution in [2.75, 3.05) is 0 Å². The first-order valence-corrected chi connectivity index (χ1v) is 6.52. The second-order valence-corrected chi connectivity index (χ2v) is 4.60. The minimum Gasteiger partial charge on any atom is -0.210 e. The maximum absolute atomic E-state index is 6.09. The zero-order chi connectivity index (χ0) is 13.4. The van der Waals surface area contributed by atoms with Crippen molar-refractivity contribution in [1.82, 2.24) is 19.7 Å². The number of benzene rings is 1. The number of hydrogen-bond acceptors (Lipinski definition) is 3. The van der Waals surface area contributed by atoms with Crippen LogP contribution in [-0.2, 0) is 6.54 Å². The van der Waals surface area contributed by atoms with Crippen molar-refractivity contribution >= 4 is 34.1 Å². The number of fused-ring (bicyclic) bond motifs is 1. The van der Waals surface area contributed by atoms with Crippen LogP contribution in [0.2, 0.25) is 10.6 Å². The van der Waals surface area contributed by atoms with Crippen LogP contribution in [0, 0.1) is 0 Å². The number of hydrogen-bond donors (Lipinski definition) is 0. The minimum absolute atomic E-state index is 0.101. The maximum atomic E-state index is 6.09. The number of nitrogens with zero attached hydrogens (tertiary/aromatic N) is 5. The van der Waals surface area contributed by atoms with Crippen LogP contribution in [0.25, 0.3) is 16.9 Å². The quantitative estimate of drug-likeness (QED) is 0.682. The molecule has 3 aromatic rings. The lowest BCUT2D eigenvalue weighted by Crippen LogP contribution is -2.41. The summed E-state index contributed by atoms with van der Waals surface area (Å²) >= 11 is 12.0. The summed E-state index contributed by atoms with van der Waals surface area (Å²) in [6, 6.07) is 7.86. The van der Waals surface area contributed by atoms with Crippen LogP contribution < -0.4 is 4.57 Å². The van der Waals surface area contributed by atoms with E-state index in [9.17, 15) is 0 Å². The Morgan fingerprint density at radius 2 is 2.00 bits per heavy atom. The first-order valence-electron chi connectivity index (χ1n) is 5.76. The third kappa shape index (κ3) is 2.05. The van der Waals surface area contributed by atoms with Gasteiger partial charge in [-0.05, 0) is 36.2 Å². The molecule has 0 aliphatic rings. The van der Waals surface area contributed by atoms with E-state index in [4.69, 9.17) is 23.2 Å². The monoisotopic (exact) mass is 294 g/mol. The van der Waals surface area contributed by atoms with Crippen molar-refractivity contribution < 1.29 is 4.57 Å². The van der Waals surface area contributed by atoms with E-state index >= 15 is 0 Å². The van der Waals surface area contributed by atoms with Crippen molar-refractivity contribution in [3.8, 4) is 5.95 Å². The molecule has 0 radical (unpaired) electrons. The number of halogens is 2. The Bertz CT molecular complexity index is 753. The Labute approximate surface area is 119 Å². The van der Waals surface area contributed by atoms with Crippen LogP contribution in [0.4, 0.5) is 0 Å². The van der Waals surface area contributed by atoms with Crippen molar-refractivity contribution in [2.24, 2.45) is 0 Å². The van der Waals surface area contributed by atoms with E-state index in [1.54, 1.807) is 15.4 Å². The van der Waals surface area contributed by atoms with Gasteiger partial charge in [0.15, 0.2) is 0 Å². The summed E-state index contributed by atoms with van der Waals surface area (Å²) in [6.45, 7) is 2.58. The summed E-state index contributed by atoms with van der Waals surface area (Å²) in [5.74, 6) is 0.550. The molecule has 3 rings (SSSR count). The van der Waals surface area contributed by atoms with Crippen molar-refractivity contribution in [3.05, 3.63) is 41.0 Å². The normalized spacial score (nSPS) is 11.1. The highest BCUT2D eigenvalue weighted by molar-refractivity contribution is 6.30. The first-order chi connectivity index (χ1) is 9.20. The Kier molecular flexibility index (Phi) is 3.08. The molecule has 19 heavy (non-hydrogen) atoms. The molecule has 0 saturated heterocycles. The molecule has 0 aliphatic heterocycles. The van der Waals surface area contributed by atoms with Crippen LogP contribution in [0.1, 0.15) is 6.92 Å². The number of rotatable bonds is 2. The molecule has 0 bridgehead atoms. The third-order valence-electron chi connectivity index (χ3n) is 2.82. The lowest BCUT2D eigenvalue weighted by molar-refractivity contribution is -0.691. The highest BCUT2D eigenvalue weighted by Gasteiger charge is 2.22. The molecule has 2 heterocycles. The Morgan fingerprint density at radius 1 is 1.21 bits per heavy atom. The largest absolute Gasteiger partial charge is 0.382 e. The smallest absolute Gasteiger partial charge is 0.210 e. The Hall–Kier alpha value is -1.72. The van der Waals surface area contributed by atoms with E-state index in [1.165, 1.54) is 0 Å². The third-order valence-corrected chi connectivity index (χ3v) is 3.28. The molecule has 96 valence electrons. The molecule has 0 spiro atoms.